The van der Waals surface area contributed by atoms with Crippen molar-refractivity contribution < 1.29 is 9.47 Å². The maximum absolute atomic E-state index is 6.61. The van der Waals surface area contributed by atoms with Gasteiger partial charge in [-0.05, 0) is 36.2 Å². The SMILES string of the molecule is COc1ccc(C(Cl)c2cccc(Cl)c2C)c(OC)c1. The summed E-state index contributed by atoms with van der Waals surface area (Å²) in [5, 5.41) is 0.384. The molecule has 1 unspecified atom stereocenters. The van der Waals surface area contributed by atoms with Gasteiger partial charge in [0.05, 0.1) is 19.6 Å². The standard InChI is InChI=1S/C16H16Cl2O2/c1-10-12(5-4-6-14(10)17)16(18)13-8-7-11(19-2)9-15(13)20-3/h4-9,16H,1-3H3. The molecule has 0 amide bonds. The lowest BCUT2D eigenvalue weighted by molar-refractivity contribution is 0.391. The predicted molar refractivity (Wildman–Crippen MR) is 83.4 cm³/mol. The van der Waals surface area contributed by atoms with Crippen LogP contribution in [0.15, 0.2) is 36.4 Å². The molecular weight excluding hydrogens is 295 g/mol. The van der Waals surface area contributed by atoms with E-state index in [0.717, 1.165) is 22.4 Å². The average molecular weight is 311 g/mol. The van der Waals surface area contributed by atoms with Gasteiger partial charge in [0, 0.05) is 16.7 Å². The number of benzene rings is 2. The quantitative estimate of drug-likeness (QED) is 0.740. The number of alkyl halides is 1. The fourth-order valence-electron chi connectivity index (χ4n) is 2.09. The minimum atomic E-state index is -0.324. The van der Waals surface area contributed by atoms with Crippen LogP contribution in [0.5, 0.6) is 11.5 Å². The highest BCUT2D eigenvalue weighted by Crippen LogP contribution is 2.39. The lowest BCUT2D eigenvalue weighted by atomic mass is 9.99. The zero-order chi connectivity index (χ0) is 14.7. The summed E-state index contributed by atoms with van der Waals surface area (Å²) in [5.41, 5.74) is 2.84. The monoisotopic (exact) mass is 310 g/mol. The van der Waals surface area contributed by atoms with Gasteiger partial charge in [-0.15, -0.1) is 11.6 Å². The van der Waals surface area contributed by atoms with Gasteiger partial charge in [-0.1, -0.05) is 23.7 Å². The van der Waals surface area contributed by atoms with E-state index in [1.165, 1.54) is 0 Å². The Labute approximate surface area is 129 Å². The van der Waals surface area contributed by atoms with E-state index < -0.39 is 0 Å². The highest BCUT2D eigenvalue weighted by Gasteiger charge is 2.19. The summed E-state index contributed by atoms with van der Waals surface area (Å²) in [4.78, 5) is 0. The molecule has 0 aliphatic heterocycles. The number of methoxy groups -OCH3 is 2. The van der Waals surface area contributed by atoms with E-state index in [1.807, 2.05) is 43.3 Å². The normalized spacial score (nSPS) is 12.1. The number of hydrogen-bond acceptors (Lipinski definition) is 2. The van der Waals surface area contributed by atoms with Gasteiger partial charge in [-0.3, -0.25) is 0 Å². The Bertz CT molecular complexity index is 611. The first-order valence-corrected chi connectivity index (χ1v) is 7.01. The number of hydrogen-bond donors (Lipinski definition) is 0. The molecule has 0 aromatic heterocycles. The van der Waals surface area contributed by atoms with Crippen molar-refractivity contribution in [2.75, 3.05) is 14.2 Å². The highest BCUT2D eigenvalue weighted by atomic mass is 35.5. The van der Waals surface area contributed by atoms with Gasteiger partial charge in [-0.2, -0.15) is 0 Å². The van der Waals surface area contributed by atoms with E-state index in [9.17, 15) is 0 Å². The van der Waals surface area contributed by atoms with Gasteiger partial charge in [0.15, 0.2) is 0 Å². The first-order valence-electron chi connectivity index (χ1n) is 6.19. The Balaban J connectivity index is 2.47. The van der Waals surface area contributed by atoms with Gasteiger partial charge >= 0.3 is 0 Å². The Kier molecular flexibility index (Phi) is 4.79. The molecule has 0 heterocycles. The first-order chi connectivity index (χ1) is 9.58. The number of halogens is 2. The molecule has 0 aliphatic carbocycles. The molecule has 2 nitrogen and oxygen atoms in total. The molecule has 2 aromatic rings. The highest BCUT2D eigenvalue weighted by molar-refractivity contribution is 6.31. The zero-order valence-corrected chi connectivity index (χ0v) is 13.1. The van der Waals surface area contributed by atoms with Crippen molar-refractivity contribution in [1.82, 2.24) is 0 Å². The maximum atomic E-state index is 6.61. The maximum Gasteiger partial charge on any atom is 0.127 e. The van der Waals surface area contributed by atoms with Crippen molar-refractivity contribution in [2.45, 2.75) is 12.3 Å². The summed E-state index contributed by atoms with van der Waals surface area (Å²) < 4.78 is 10.6. The molecule has 0 N–H and O–H groups in total. The predicted octanol–water partition coefficient (Wildman–Crippen LogP) is 4.99. The molecule has 1 atom stereocenters. The van der Waals surface area contributed by atoms with Crippen LogP contribution in [0.25, 0.3) is 0 Å². The van der Waals surface area contributed by atoms with Crippen molar-refractivity contribution >= 4 is 23.2 Å². The second kappa shape index (κ2) is 6.38. The van der Waals surface area contributed by atoms with Crippen LogP contribution in [-0.4, -0.2) is 14.2 Å². The fourth-order valence-corrected chi connectivity index (χ4v) is 2.69. The lowest BCUT2D eigenvalue weighted by Gasteiger charge is -2.17. The van der Waals surface area contributed by atoms with Crippen LogP contribution in [0.3, 0.4) is 0 Å². The third-order valence-corrected chi connectivity index (χ3v) is 4.18. The summed E-state index contributed by atoms with van der Waals surface area (Å²) in [5.74, 6) is 1.43. The van der Waals surface area contributed by atoms with Gasteiger partial charge in [0.1, 0.15) is 11.5 Å². The van der Waals surface area contributed by atoms with E-state index in [2.05, 4.69) is 0 Å². The van der Waals surface area contributed by atoms with Crippen molar-refractivity contribution in [3.05, 3.63) is 58.1 Å². The van der Waals surface area contributed by atoms with Crippen molar-refractivity contribution in [3.8, 4) is 11.5 Å². The third kappa shape index (κ3) is 2.87. The van der Waals surface area contributed by atoms with E-state index in [0.29, 0.717) is 10.8 Å². The average Bonchev–Trinajstić information content (AvgIpc) is 2.48. The van der Waals surface area contributed by atoms with E-state index in [4.69, 9.17) is 32.7 Å². The second-order valence-corrected chi connectivity index (χ2v) is 5.27. The van der Waals surface area contributed by atoms with Gasteiger partial charge in [0.2, 0.25) is 0 Å². The van der Waals surface area contributed by atoms with Gasteiger partial charge in [-0.25, -0.2) is 0 Å². The third-order valence-electron chi connectivity index (χ3n) is 3.30. The summed E-state index contributed by atoms with van der Waals surface area (Å²) >= 11 is 12.8. The Morgan fingerprint density at radius 2 is 1.75 bits per heavy atom. The van der Waals surface area contributed by atoms with Crippen molar-refractivity contribution in [3.63, 3.8) is 0 Å². The number of rotatable bonds is 4. The van der Waals surface area contributed by atoms with Crippen molar-refractivity contribution in [1.29, 1.82) is 0 Å². The van der Waals surface area contributed by atoms with Crippen LogP contribution >= 0.6 is 23.2 Å². The summed E-state index contributed by atoms with van der Waals surface area (Å²) in [6, 6.07) is 11.3. The Hall–Kier alpha value is -1.38. The Morgan fingerprint density at radius 1 is 1.00 bits per heavy atom. The van der Waals surface area contributed by atoms with E-state index in [-0.39, 0.29) is 5.38 Å². The molecule has 20 heavy (non-hydrogen) atoms. The summed E-state index contributed by atoms with van der Waals surface area (Å²) in [7, 11) is 3.24. The topological polar surface area (TPSA) is 18.5 Å². The molecule has 0 fully saturated rings. The molecule has 4 heteroatoms. The van der Waals surface area contributed by atoms with Crippen molar-refractivity contribution in [2.24, 2.45) is 0 Å². The van der Waals surface area contributed by atoms with E-state index in [1.54, 1.807) is 14.2 Å². The van der Waals surface area contributed by atoms with Crippen LogP contribution in [0, 0.1) is 6.92 Å². The van der Waals surface area contributed by atoms with E-state index >= 15 is 0 Å². The molecule has 0 bridgehead atoms. The largest absolute Gasteiger partial charge is 0.497 e. The number of ether oxygens (including phenoxy) is 2. The molecule has 2 aromatic carbocycles. The molecule has 0 saturated carbocycles. The van der Waals surface area contributed by atoms with Gasteiger partial charge < -0.3 is 9.47 Å². The minimum absolute atomic E-state index is 0.324. The molecular formula is C16H16Cl2O2. The Morgan fingerprint density at radius 3 is 2.40 bits per heavy atom. The molecule has 0 aliphatic rings. The zero-order valence-electron chi connectivity index (χ0n) is 11.6. The smallest absolute Gasteiger partial charge is 0.127 e. The van der Waals surface area contributed by atoms with Crippen LogP contribution in [0.4, 0.5) is 0 Å². The molecule has 0 saturated heterocycles. The summed E-state index contributed by atoms with van der Waals surface area (Å²) in [6.45, 7) is 1.96. The van der Waals surface area contributed by atoms with Crippen LogP contribution < -0.4 is 9.47 Å². The molecule has 106 valence electrons. The first kappa shape index (κ1) is 15.0. The van der Waals surface area contributed by atoms with Crippen LogP contribution in [0.1, 0.15) is 22.1 Å². The molecule has 0 spiro atoms. The molecule has 2 rings (SSSR count). The second-order valence-electron chi connectivity index (χ2n) is 4.42. The molecule has 0 radical (unpaired) electrons. The fraction of sp³-hybridized carbons (Fsp3) is 0.250. The van der Waals surface area contributed by atoms with Gasteiger partial charge in [0.25, 0.3) is 0 Å². The summed E-state index contributed by atoms with van der Waals surface area (Å²) in [6.07, 6.45) is 0. The lowest BCUT2D eigenvalue weighted by Crippen LogP contribution is -2.00. The van der Waals surface area contributed by atoms with Crippen LogP contribution in [0.2, 0.25) is 5.02 Å². The minimum Gasteiger partial charge on any atom is -0.497 e. The van der Waals surface area contributed by atoms with Crippen LogP contribution in [-0.2, 0) is 0 Å².